The van der Waals surface area contributed by atoms with Gasteiger partial charge in [0.1, 0.15) is 36.1 Å². The summed E-state index contributed by atoms with van der Waals surface area (Å²) in [6.45, 7) is 9.08. The topological polar surface area (TPSA) is 220 Å². The van der Waals surface area contributed by atoms with Crippen LogP contribution in [0.4, 0.5) is 8.78 Å². The van der Waals surface area contributed by atoms with E-state index in [0.29, 0.717) is 39.0 Å². The third-order valence-corrected chi connectivity index (χ3v) is 12.9. The second kappa shape index (κ2) is 28.9. The summed E-state index contributed by atoms with van der Waals surface area (Å²) in [4.78, 5) is 94.3. The van der Waals surface area contributed by atoms with Crippen molar-refractivity contribution < 1.29 is 37.5 Å². The Morgan fingerprint density at radius 2 is 1.05 bits per heavy atom. The zero-order chi connectivity index (χ0) is 58.9. The van der Waals surface area contributed by atoms with Crippen molar-refractivity contribution in [1.29, 1.82) is 0 Å². The summed E-state index contributed by atoms with van der Waals surface area (Å²) in [6, 6.07) is 22.5. The quantitative estimate of drug-likeness (QED) is 0.0686. The number of carbonyl (C=O) groups excluding carboxylic acids is 6. The Hall–Kier alpha value is -8.76. The number of aromatic nitrogens is 8. The average Bonchev–Trinajstić information content (AvgIpc) is 4.15. The van der Waals surface area contributed by atoms with E-state index in [1.165, 1.54) is 57.3 Å². The van der Waals surface area contributed by atoms with Gasteiger partial charge in [-0.05, 0) is 100 Å². The van der Waals surface area contributed by atoms with Crippen LogP contribution in [0.2, 0.25) is 10.0 Å². The van der Waals surface area contributed by atoms with Crippen LogP contribution in [0.25, 0.3) is 21.8 Å². The van der Waals surface area contributed by atoms with E-state index >= 15 is 0 Å². The van der Waals surface area contributed by atoms with Gasteiger partial charge in [0, 0.05) is 95.7 Å². The van der Waals surface area contributed by atoms with Crippen molar-refractivity contribution in [2.75, 3.05) is 13.1 Å². The lowest BCUT2D eigenvalue weighted by Crippen LogP contribution is -2.45. The highest BCUT2D eigenvalue weighted by Crippen LogP contribution is 2.25. The number of hydrogen-bond donors (Lipinski definition) is 2. The van der Waals surface area contributed by atoms with Crippen LogP contribution in [0.5, 0.6) is 0 Å². The van der Waals surface area contributed by atoms with Crippen molar-refractivity contribution >= 4 is 96.1 Å². The van der Waals surface area contributed by atoms with Crippen LogP contribution in [0, 0.1) is 35.8 Å². The molecule has 8 rings (SSSR count). The van der Waals surface area contributed by atoms with Crippen LogP contribution in [-0.2, 0) is 45.4 Å². The maximum Gasteiger partial charge on any atom is 0.245 e. The molecule has 0 aliphatic rings. The molecule has 0 fully saturated rings. The van der Waals surface area contributed by atoms with Crippen molar-refractivity contribution in [2.45, 2.75) is 79.8 Å². The molecule has 4 amide bonds. The molecule has 0 aliphatic heterocycles. The predicted molar refractivity (Wildman–Crippen MR) is 305 cm³/mol. The van der Waals surface area contributed by atoms with Crippen LogP contribution < -0.4 is 10.6 Å². The smallest absolute Gasteiger partial charge is 0.245 e. The first kappa shape index (κ1) is 61.5. The fourth-order valence-corrected chi connectivity index (χ4v) is 8.52. The average molecular weight is 1200 g/mol. The Balaban J connectivity index is 0.000000232. The van der Waals surface area contributed by atoms with E-state index in [1.54, 1.807) is 113 Å². The first-order valence-electron chi connectivity index (χ1n) is 24.8. The van der Waals surface area contributed by atoms with Crippen LogP contribution in [0.15, 0.2) is 114 Å². The van der Waals surface area contributed by atoms with Crippen LogP contribution >= 0.6 is 39.1 Å². The van der Waals surface area contributed by atoms with Crippen molar-refractivity contribution in [1.82, 2.24) is 59.9 Å². The maximum absolute atomic E-state index is 14.2. The molecule has 0 atom stereocenters. The van der Waals surface area contributed by atoms with E-state index in [4.69, 9.17) is 29.6 Å². The highest BCUT2D eigenvalue weighted by Gasteiger charge is 2.25. The molecule has 4 heterocycles. The minimum atomic E-state index is -0.601. The van der Waals surface area contributed by atoms with Crippen molar-refractivity contribution in [3.05, 3.63) is 176 Å². The number of hydrogen-bond acceptors (Lipinski definition) is 12. The summed E-state index contributed by atoms with van der Waals surface area (Å²) >= 11 is 15.0. The summed E-state index contributed by atoms with van der Waals surface area (Å²) in [5, 5.41) is 15.1. The molecule has 0 aliphatic carbocycles. The SMILES string of the molecule is C#Cc1ncccn1.CC(=O)c1nn(CC(=O)N(CC(=O)NCc2cccc(Cl)c2F)C(C)C)c2ccc(Br)cc12.CC(=O)c1nn(CC(=O)N(CC(=O)NCc2cccc(Cl)c2F)C(C)C)c2ccc(C#Cc3ncccn3)cc12. The number of carbonyl (C=O) groups is 6. The zero-order valence-electron chi connectivity index (χ0n) is 44.7. The first-order valence-corrected chi connectivity index (χ1v) is 26.4. The number of fused-ring (bicyclic) bond motifs is 2. The van der Waals surface area contributed by atoms with E-state index in [0.717, 1.165) is 4.47 Å². The summed E-state index contributed by atoms with van der Waals surface area (Å²) in [6.07, 6.45) is 11.4. The van der Waals surface area contributed by atoms with Gasteiger partial charge in [-0.2, -0.15) is 10.2 Å². The largest absolute Gasteiger partial charge is 0.350 e. The van der Waals surface area contributed by atoms with Gasteiger partial charge in [-0.25, -0.2) is 28.7 Å². The van der Waals surface area contributed by atoms with E-state index in [-0.39, 0.29) is 107 Å². The number of Topliss-reactive ketones (excluding diaryl/α,β-unsaturated/α-hetero) is 2. The molecule has 0 saturated carbocycles. The second-order valence-electron chi connectivity index (χ2n) is 18.3. The fraction of sp³-hybridized carbons (Fsp3) is 0.241. The maximum atomic E-state index is 14.2. The Morgan fingerprint density at radius 3 is 1.47 bits per heavy atom. The molecule has 4 aromatic heterocycles. The van der Waals surface area contributed by atoms with Gasteiger partial charge < -0.3 is 20.4 Å². The third-order valence-electron chi connectivity index (χ3n) is 11.8. The number of rotatable bonds is 16. The molecule has 0 saturated heterocycles. The van der Waals surface area contributed by atoms with Gasteiger partial charge in [-0.3, -0.25) is 38.1 Å². The normalized spacial score (nSPS) is 10.6. The molecule has 0 spiro atoms. The zero-order valence-corrected chi connectivity index (χ0v) is 47.8. The van der Waals surface area contributed by atoms with E-state index in [9.17, 15) is 37.5 Å². The van der Waals surface area contributed by atoms with Crippen molar-refractivity contribution in [2.24, 2.45) is 0 Å². The number of terminal acetylenes is 1. The highest BCUT2D eigenvalue weighted by molar-refractivity contribution is 9.10. The summed E-state index contributed by atoms with van der Waals surface area (Å²) < 4.78 is 31.9. The van der Waals surface area contributed by atoms with Gasteiger partial charge >= 0.3 is 0 Å². The molecule has 0 radical (unpaired) electrons. The van der Waals surface area contributed by atoms with Crippen molar-refractivity contribution in [3.63, 3.8) is 0 Å². The van der Waals surface area contributed by atoms with Crippen LogP contribution in [0.3, 0.4) is 0 Å². The standard InChI is InChI=1S/C29H26ClFN6O3.C23H23BrClFN4O3.C6H4N2/c1-18(2)36(16-26(39)34-15-21-6-4-7-23(30)28(21)31)27(40)17-37-24-10-8-20(9-11-25-32-12-5-13-33-25)14-22(24)29(35-37)19(3)38;1-13(2)29(11-20(32)27-10-15-5-4-6-18(25)22(15)26)21(33)12-30-19-8-7-16(24)9-17(19)23(28-30)14(3)31;1-2-6-7-4-3-5-8-6/h4-8,10,12-14,18H,15-17H2,1-3H3,(H,34,39);4-9,13H,10-12H2,1-3H3,(H,27,32);1,3-5H. The monoisotopic (exact) mass is 1200 g/mol. The minimum absolute atomic E-state index is 0.0239. The number of amides is 4. The van der Waals surface area contributed by atoms with E-state index in [1.807, 2.05) is 0 Å². The molecule has 18 nitrogen and oxygen atoms in total. The first-order chi connectivity index (χ1) is 38.6. The summed E-state index contributed by atoms with van der Waals surface area (Å²) in [7, 11) is 0. The minimum Gasteiger partial charge on any atom is -0.350 e. The van der Waals surface area contributed by atoms with Crippen molar-refractivity contribution in [3.8, 4) is 24.2 Å². The van der Waals surface area contributed by atoms with Gasteiger partial charge in [0.05, 0.1) is 34.2 Å². The van der Waals surface area contributed by atoms with Gasteiger partial charge in [0.25, 0.3) is 0 Å². The van der Waals surface area contributed by atoms with Crippen LogP contribution in [0.1, 0.15) is 90.9 Å². The third kappa shape index (κ3) is 16.9. The van der Waals surface area contributed by atoms with E-state index < -0.39 is 23.4 Å². The van der Waals surface area contributed by atoms with Gasteiger partial charge in [0.2, 0.25) is 35.3 Å². The Kier molecular flexibility index (Phi) is 21.9. The molecule has 23 heteroatoms. The van der Waals surface area contributed by atoms with Gasteiger partial charge in [-0.1, -0.05) is 69.3 Å². The molecule has 8 aromatic rings. The molecule has 0 bridgehead atoms. The Labute approximate surface area is 483 Å². The Bertz CT molecular complexity index is 3730. The molecular weight excluding hydrogens is 1150 g/mol. The lowest BCUT2D eigenvalue weighted by molar-refractivity contribution is -0.138. The molecule has 416 valence electrons. The van der Waals surface area contributed by atoms with Gasteiger partial charge in [0.15, 0.2) is 11.6 Å². The predicted octanol–water partition coefficient (Wildman–Crippen LogP) is 8.58. The second-order valence-corrected chi connectivity index (χ2v) is 20.0. The highest BCUT2D eigenvalue weighted by atomic mass is 79.9. The lowest BCUT2D eigenvalue weighted by Gasteiger charge is -2.26. The number of ketones is 2. The van der Waals surface area contributed by atoms with Gasteiger partial charge in [-0.15, -0.1) is 6.42 Å². The molecular formula is C58H53BrCl2F2N12O6. The van der Waals surface area contributed by atoms with E-state index in [2.05, 4.69) is 74.5 Å². The summed E-state index contributed by atoms with van der Waals surface area (Å²) in [5.74, 6) is 5.70. The number of halogens is 5. The number of nitrogens with zero attached hydrogens (tertiary/aromatic N) is 10. The molecule has 81 heavy (non-hydrogen) atoms. The fourth-order valence-electron chi connectivity index (χ4n) is 7.77. The number of nitrogens with one attached hydrogen (secondary N) is 2. The Morgan fingerprint density at radius 1 is 0.617 bits per heavy atom. The summed E-state index contributed by atoms with van der Waals surface area (Å²) in [5.41, 5.74) is 2.82. The van der Waals surface area contributed by atoms with Crippen LogP contribution in [-0.4, -0.2) is 110 Å². The lowest BCUT2D eigenvalue weighted by atomic mass is 10.1. The molecule has 2 N–H and O–H groups in total. The number of benzene rings is 4. The molecule has 4 aromatic carbocycles. The molecule has 0 unspecified atom stereocenters.